The number of hydrogen-bond donors (Lipinski definition) is 0. The van der Waals surface area contributed by atoms with Crippen LogP contribution in [0.2, 0.25) is 0 Å². The molecule has 0 nitrogen and oxygen atoms in total. The van der Waals surface area contributed by atoms with Crippen molar-refractivity contribution in [2.75, 3.05) is 6.16 Å². The molecule has 0 saturated carbocycles. The molecular weight excluding hydrogens is 151 g/mol. The van der Waals surface area contributed by atoms with Gasteiger partial charge in [0.15, 0.2) is 0 Å². The van der Waals surface area contributed by atoms with E-state index < -0.39 is 0 Å². The molecule has 0 bridgehead atoms. The maximum Gasteiger partial charge on any atom is -0.0194 e. The molecule has 0 radical (unpaired) electrons. The molecule has 0 spiro atoms. The van der Waals surface area contributed by atoms with Crippen LogP contribution in [0.15, 0.2) is 11.1 Å². The number of hydrogen-bond acceptors (Lipinski definition) is 0. The third-order valence-electron chi connectivity index (χ3n) is 2.74. The van der Waals surface area contributed by atoms with E-state index in [1.807, 2.05) is 0 Å². The van der Waals surface area contributed by atoms with Gasteiger partial charge in [0.05, 0.1) is 0 Å². The third kappa shape index (κ3) is 2.30. The molecule has 1 heteroatoms. The molecule has 0 fully saturated rings. The van der Waals surface area contributed by atoms with E-state index in [0.29, 0.717) is 0 Å². The van der Waals surface area contributed by atoms with E-state index in [0.717, 1.165) is 5.92 Å². The fourth-order valence-electron chi connectivity index (χ4n) is 1.89. The summed E-state index contributed by atoms with van der Waals surface area (Å²) in [5, 5.41) is 0. The van der Waals surface area contributed by atoms with Crippen LogP contribution in [-0.2, 0) is 0 Å². The SMILES string of the molecule is CC1=C(C(C)CP)CCCC1. The molecule has 0 heterocycles. The molecule has 2 atom stereocenters. The Morgan fingerprint density at radius 2 is 2.00 bits per heavy atom. The van der Waals surface area contributed by atoms with E-state index >= 15 is 0 Å². The Hall–Kier alpha value is 0.170. The highest BCUT2D eigenvalue weighted by Crippen LogP contribution is 2.30. The largest absolute Gasteiger partial charge is 0.137 e. The molecule has 1 aliphatic rings. The summed E-state index contributed by atoms with van der Waals surface area (Å²) < 4.78 is 0. The first-order chi connectivity index (χ1) is 5.25. The van der Waals surface area contributed by atoms with Crippen LogP contribution in [0.3, 0.4) is 0 Å². The maximum absolute atomic E-state index is 2.85. The molecule has 0 aromatic rings. The monoisotopic (exact) mass is 170 g/mol. The van der Waals surface area contributed by atoms with Gasteiger partial charge in [0.1, 0.15) is 0 Å². The Labute approximate surface area is 72.7 Å². The predicted molar refractivity (Wildman–Crippen MR) is 54.9 cm³/mol. The van der Waals surface area contributed by atoms with Gasteiger partial charge in [-0.25, -0.2) is 0 Å². The molecule has 64 valence electrons. The second-order valence-corrected chi connectivity index (χ2v) is 4.12. The van der Waals surface area contributed by atoms with E-state index in [-0.39, 0.29) is 0 Å². The third-order valence-corrected chi connectivity index (χ3v) is 3.45. The maximum atomic E-state index is 2.85. The van der Waals surface area contributed by atoms with Crippen LogP contribution in [0.4, 0.5) is 0 Å². The highest BCUT2D eigenvalue weighted by molar-refractivity contribution is 7.16. The Kier molecular flexibility index (Phi) is 3.59. The first-order valence-electron chi connectivity index (χ1n) is 4.64. The van der Waals surface area contributed by atoms with E-state index in [1.54, 1.807) is 11.1 Å². The van der Waals surface area contributed by atoms with Crippen molar-refractivity contribution in [3.8, 4) is 0 Å². The lowest BCUT2D eigenvalue weighted by molar-refractivity contribution is 0.602. The van der Waals surface area contributed by atoms with Crippen LogP contribution in [0.5, 0.6) is 0 Å². The van der Waals surface area contributed by atoms with Crippen LogP contribution in [0.1, 0.15) is 39.5 Å². The molecule has 0 aromatic carbocycles. The second kappa shape index (κ2) is 4.26. The fourth-order valence-corrected chi connectivity index (χ4v) is 2.17. The van der Waals surface area contributed by atoms with Crippen LogP contribution in [0, 0.1) is 5.92 Å². The van der Waals surface area contributed by atoms with E-state index in [9.17, 15) is 0 Å². The summed E-state index contributed by atoms with van der Waals surface area (Å²) in [7, 11) is 2.85. The molecule has 1 aliphatic carbocycles. The summed E-state index contributed by atoms with van der Waals surface area (Å²) in [5.74, 6) is 0.806. The van der Waals surface area contributed by atoms with Gasteiger partial charge >= 0.3 is 0 Å². The molecule has 0 N–H and O–H groups in total. The summed E-state index contributed by atoms with van der Waals surface area (Å²) >= 11 is 0. The van der Waals surface area contributed by atoms with Gasteiger partial charge in [-0.05, 0) is 44.7 Å². The van der Waals surface area contributed by atoms with Crippen molar-refractivity contribution in [3.63, 3.8) is 0 Å². The fraction of sp³-hybridized carbons (Fsp3) is 0.800. The Balaban J connectivity index is 2.65. The minimum absolute atomic E-state index is 0.806. The highest BCUT2D eigenvalue weighted by Gasteiger charge is 2.13. The summed E-state index contributed by atoms with van der Waals surface area (Å²) in [4.78, 5) is 0. The molecule has 0 saturated heterocycles. The molecule has 0 aromatic heterocycles. The molecule has 11 heavy (non-hydrogen) atoms. The van der Waals surface area contributed by atoms with Crippen molar-refractivity contribution in [2.45, 2.75) is 39.5 Å². The first kappa shape index (κ1) is 9.26. The zero-order valence-corrected chi connectivity index (χ0v) is 8.84. The topological polar surface area (TPSA) is 0 Å². The average molecular weight is 170 g/mol. The smallest absolute Gasteiger partial charge is 0.0194 e. The Morgan fingerprint density at radius 1 is 1.36 bits per heavy atom. The van der Waals surface area contributed by atoms with Gasteiger partial charge in [0.2, 0.25) is 0 Å². The van der Waals surface area contributed by atoms with Crippen molar-refractivity contribution < 1.29 is 0 Å². The highest BCUT2D eigenvalue weighted by atomic mass is 31.0. The molecule has 0 aliphatic heterocycles. The first-order valence-corrected chi connectivity index (χ1v) is 5.46. The summed E-state index contributed by atoms with van der Waals surface area (Å²) in [6, 6.07) is 0. The minimum Gasteiger partial charge on any atom is -0.137 e. The zero-order valence-electron chi connectivity index (χ0n) is 7.69. The minimum atomic E-state index is 0.806. The average Bonchev–Trinajstić information content (AvgIpc) is 2.04. The van der Waals surface area contributed by atoms with Gasteiger partial charge in [0.25, 0.3) is 0 Å². The second-order valence-electron chi connectivity index (χ2n) is 3.65. The lowest BCUT2D eigenvalue weighted by atomic mass is 9.86. The van der Waals surface area contributed by atoms with Gasteiger partial charge < -0.3 is 0 Å². The molecule has 0 amide bonds. The van der Waals surface area contributed by atoms with Crippen molar-refractivity contribution >= 4 is 9.24 Å². The van der Waals surface area contributed by atoms with Crippen molar-refractivity contribution in [2.24, 2.45) is 5.92 Å². The van der Waals surface area contributed by atoms with Gasteiger partial charge in [-0.1, -0.05) is 18.1 Å². The van der Waals surface area contributed by atoms with E-state index in [4.69, 9.17) is 0 Å². The van der Waals surface area contributed by atoms with Crippen LogP contribution < -0.4 is 0 Å². The molecule has 2 unspecified atom stereocenters. The normalized spacial score (nSPS) is 22.1. The van der Waals surface area contributed by atoms with Gasteiger partial charge in [-0.2, -0.15) is 0 Å². The van der Waals surface area contributed by atoms with Crippen LogP contribution >= 0.6 is 9.24 Å². The lowest BCUT2D eigenvalue weighted by Gasteiger charge is -2.22. The summed E-state index contributed by atoms with van der Waals surface area (Å²) in [6.45, 7) is 4.66. The van der Waals surface area contributed by atoms with Crippen molar-refractivity contribution in [1.82, 2.24) is 0 Å². The quantitative estimate of drug-likeness (QED) is 0.440. The Bertz CT molecular complexity index is 158. The molecule has 1 rings (SSSR count). The van der Waals surface area contributed by atoms with Crippen molar-refractivity contribution in [1.29, 1.82) is 0 Å². The number of allylic oxidation sites excluding steroid dienone is 2. The summed E-state index contributed by atoms with van der Waals surface area (Å²) in [5.41, 5.74) is 3.41. The Morgan fingerprint density at radius 3 is 2.55 bits per heavy atom. The van der Waals surface area contributed by atoms with Crippen LogP contribution in [-0.4, -0.2) is 6.16 Å². The standard InChI is InChI=1S/C10H19P/c1-8-5-3-4-6-10(8)9(2)7-11/h9H,3-7,11H2,1-2H3. The van der Waals surface area contributed by atoms with Crippen molar-refractivity contribution in [3.05, 3.63) is 11.1 Å². The number of rotatable bonds is 2. The van der Waals surface area contributed by atoms with Gasteiger partial charge in [0, 0.05) is 0 Å². The predicted octanol–water partition coefficient (Wildman–Crippen LogP) is 3.39. The lowest BCUT2D eigenvalue weighted by Crippen LogP contribution is -2.07. The van der Waals surface area contributed by atoms with Gasteiger partial charge in [-0.15, -0.1) is 9.24 Å². The zero-order chi connectivity index (χ0) is 8.27. The van der Waals surface area contributed by atoms with Crippen LogP contribution in [0.25, 0.3) is 0 Å². The summed E-state index contributed by atoms with van der Waals surface area (Å²) in [6.07, 6.45) is 6.78. The van der Waals surface area contributed by atoms with Gasteiger partial charge in [-0.3, -0.25) is 0 Å². The van der Waals surface area contributed by atoms with E-state index in [2.05, 4.69) is 23.1 Å². The molecular formula is C10H19P. The van der Waals surface area contributed by atoms with E-state index in [1.165, 1.54) is 31.8 Å².